The summed E-state index contributed by atoms with van der Waals surface area (Å²) >= 11 is 0. The van der Waals surface area contributed by atoms with Gasteiger partial charge in [0.05, 0.1) is 0 Å². The minimum atomic E-state index is -1.58. The van der Waals surface area contributed by atoms with Crippen LogP contribution in [0.5, 0.6) is 0 Å². The maximum Gasteiger partial charge on any atom is 0.194 e. The van der Waals surface area contributed by atoms with Crippen LogP contribution in [-0.2, 0) is 0 Å². The summed E-state index contributed by atoms with van der Waals surface area (Å²) in [6.07, 6.45) is 0. The average molecular weight is 639 g/mol. The van der Waals surface area contributed by atoms with Crippen LogP contribution in [0, 0.1) is 34.9 Å². The smallest absolute Gasteiger partial charge is 0.194 e. The molecule has 0 aliphatic rings. The largest absolute Gasteiger partial charge is 0.207 e. The zero-order valence-electron chi connectivity index (χ0n) is 24.8. The first-order valence-corrected chi connectivity index (χ1v) is 15.2. The number of hydrogen-bond acceptors (Lipinski definition) is 0. The Balaban J connectivity index is 1.42. The summed E-state index contributed by atoms with van der Waals surface area (Å²) in [4.78, 5) is 0. The van der Waals surface area contributed by atoms with E-state index in [0.29, 0.717) is 43.3 Å². The second-order valence-electron chi connectivity index (χ2n) is 12.0. The molecule has 0 N–H and O–H groups in total. The van der Waals surface area contributed by atoms with Crippen LogP contribution in [0.15, 0.2) is 121 Å². The van der Waals surface area contributed by atoms with Crippen molar-refractivity contribution < 1.29 is 26.3 Å². The number of hydrogen-bond donors (Lipinski definition) is 0. The van der Waals surface area contributed by atoms with E-state index in [4.69, 9.17) is 0 Å². The molecule has 0 aromatic heterocycles. The van der Waals surface area contributed by atoms with Gasteiger partial charge < -0.3 is 0 Å². The normalized spacial score (nSPS) is 12.0. The van der Waals surface area contributed by atoms with E-state index in [-0.39, 0.29) is 11.4 Å². The fourth-order valence-corrected chi connectivity index (χ4v) is 7.39. The summed E-state index contributed by atoms with van der Waals surface area (Å²) in [5.41, 5.74) is 3.40. The molecule has 0 saturated heterocycles. The van der Waals surface area contributed by atoms with Crippen molar-refractivity contribution >= 4 is 53.9 Å². The van der Waals surface area contributed by atoms with Crippen LogP contribution in [0.2, 0.25) is 0 Å². The van der Waals surface area contributed by atoms with Gasteiger partial charge in [0.25, 0.3) is 0 Å². The highest BCUT2D eigenvalue weighted by Gasteiger charge is 2.23. The molecule has 230 valence electrons. The fraction of sp³-hybridized carbons (Fsp3) is 0. The fourth-order valence-electron chi connectivity index (χ4n) is 7.39. The zero-order valence-corrected chi connectivity index (χ0v) is 24.8. The molecule has 0 saturated carbocycles. The predicted molar refractivity (Wildman–Crippen MR) is 181 cm³/mol. The van der Waals surface area contributed by atoms with Crippen molar-refractivity contribution in [2.24, 2.45) is 0 Å². The lowest BCUT2D eigenvalue weighted by Gasteiger charge is -2.21. The second-order valence-corrected chi connectivity index (χ2v) is 12.0. The molecule has 6 heteroatoms. The molecule has 9 aromatic carbocycles. The van der Waals surface area contributed by atoms with Gasteiger partial charge in [-0.15, -0.1) is 0 Å². The van der Waals surface area contributed by atoms with Gasteiger partial charge in [0.15, 0.2) is 17.5 Å². The van der Waals surface area contributed by atoms with Crippen molar-refractivity contribution in [1.29, 1.82) is 0 Å². The monoisotopic (exact) mass is 638 g/mol. The van der Waals surface area contributed by atoms with Gasteiger partial charge in [-0.2, -0.15) is 0 Å². The summed E-state index contributed by atoms with van der Waals surface area (Å²) in [6, 6.07) is 32.3. The van der Waals surface area contributed by atoms with Crippen molar-refractivity contribution in [1.82, 2.24) is 0 Å². The predicted octanol–water partition coefficient (Wildman–Crippen LogP) is 12.7. The first kappa shape index (κ1) is 28.4. The van der Waals surface area contributed by atoms with Crippen LogP contribution in [0.25, 0.3) is 87.2 Å². The lowest BCUT2D eigenvalue weighted by atomic mass is 9.82. The van der Waals surface area contributed by atoms with E-state index in [2.05, 4.69) is 0 Å². The molecule has 0 aliphatic heterocycles. The minimum absolute atomic E-state index is 0.0653. The van der Waals surface area contributed by atoms with Crippen LogP contribution in [0.3, 0.4) is 0 Å². The molecule has 0 amide bonds. The van der Waals surface area contributed by atoms with Crippen LogP contribution in [0.1, 0.15) is 0 Å². The minimum Gasteiger partial charge on any atom is -0.207 e. The van der Waals surface area contributed by atoms with Gasteiger partial charge >= 0.3 is 0 Å². The zero-order chi connectivity index (χ0) is 32.8. The number of halogens is 6. The first-order chi connectivity index (χ1) is 23.3. The highest BCUT2D eigenvalue weighted by molar-refractivity contribution is 6.30. The first-order valence-electron chi connectivity index (χ1n) is 15.2. The molecule has 0 heterocycles. The number of benzene rings is 9. The average Bonchev–Trinajstić information content (AvgIpc) is 3.09. The summed E-state index contributed by atoms with van der Waals surface area (Å²) in [5, 5.41) is 6.57. The summed E-state index contributed by atoms with van der Waals surface area (Å²) in [6.45, 7) is 0. The Morgan fingerprint density at radius 1 is 0.333 bits per heavy atom. The van der Waals surface area contributed by atoms with Gasteiger partial charge in [0.1, 0.15) is 17.5 Å². The van der Waals surface area contributed by atoms with Crippen molar-refractivity contribution in [2.75, 3.05) is 0 Å². The highest BCUT2D eigenvalue weighted by Crippen LogP contribution is 2.48. The lowest BCUT2D eigenvalue weighted by Crippen LogP contribution is -1.96. The van der Waals surface area contributed by atoms with Crippen molar-refractivity contribution in [3.63, 3.8) is 0 Å². The van der Waals surface area contributed by atoms with Gasteiger partial charge in [0, 0.05) is 10.8 Å². The molecular formula is C42H20F6. The standard InChI is InChI=1S/C42H20F6/c43-24-9-5-21(6-10-24)26-12-7-22-8-13-30-29(15-16-32-35(45)20-34(26)39(22)41(30)32)40-28-4-2-1-3-27(28)38(33-19-25(44)11-14-31(33)40)23-17-36(46)42(48)37(47)18-23/h1-20H. The van der Waals surface area contributed by atoms with Crippen LogP contribution < -0.4 is 0 Å². The Morgan fingerprint density at radius 2 is 0.938 bits per heavy atom. The molecule has 0 aliphatic carbocycles. The molecule has 0 fully saturated rings. The molecule has 0 atom stereocenters. The molecule has 9 aromatic rings. The van der Waals surface area contributed by atoms with E-state index in [0.717, 1.165) is 50.5 Å². The summed E-state index contributed by atoms with van der Waals surface area (Å²) < 4.78 is 88.0. The summed E-state index contributed by atoms with van der Waals surface area (Å²) in [5.74, 6) is -5.62. The quantitative estimate of drug-likeness (QED) is 0.0782. The van der Waals surface area contributed by atoms with E-state index in [9.17, 15) is 22.0 Å². The number of rotatable bonds is 3. The van der Waals surface area contributed by atoms with E-state index >= 15 is 4.39 Å². The van der Waals surface area contributed by atoms with Crippen LogP contribution >= 0.6 is 0 Å². The Hall–Kier alpha value is -5.88. The van der Waals surface area contributed by atoms with Crippen molar-refractivity contribution in [3.05, 3.63) is 156 Å². The second kappa shape index (κ2) is 10.3. The van der Waals surface area contributed by atoms with Gasteiger partial charge in [-0.1, -0.05) is 78.9 Å². The van der Waals surface area contributed by atoms with Crippen molar-refractivity contribution in [2.45, 2.75) is 0 Å². The molecule has 0 bridgehead atoms. The van der Waals surface area contributed by atoms with E-state index in [1.54, 1.807) is 36.4 Å². The summed E-state index contributed by atoms with van der Waals surface area (Å²) in [7, 11) is 0. The van der Waals surface area contributed by atoms with Gasteiger partial charge in [-0.25, -0.2) is 26.3 Å². The van der Waals surface area contributed by atoms with E-state index < -0.39 is 29.1 Å². The molecule has 0 radical (unpaired) electrons. The Bertz CT molecular complexity index is 2760. The maximum atomic E-state index is 16.0. The van der Waals surface area contributed by atoms with Crippen molar-refractivity contribution in [3.8, 4) is 33.4 Å². The Morgan fingerprint density at radius 3 is 1.69 bits per heavy atom. The molecule has 0 nitrogen and oxygen atoms in total. The molecule has 0 unspecified atom stereocenters. The maximum absolute atomic E-state index is 16.0. The Kier molecular flexibility index (Phi) is 6.09. The van der Waals surface area contributed by atoms with Gasteiger partial charge in [-0.3, -0.25) is 0 Å². The molecular weight excluding hydrogens is 618 g/mol. The van der Waals surface area contributed by atoms with Crippen LogP contribution in [0.4, 0.5) is 26.3 Å². The third-order valence-corrected chi connectivity index (χ3v) is 9.41. The molecule has 48 heavy (non-hydrogen) atoms. The van der Waals surface area contributed by atoms with E-state index in [1.165, 1.54) is 30.3 Å². The van der Waals surface area contributed by atoms with Gasteiger partial charge in [0.2, 0.25) is 0 Å². The SMILES string of the molecule is Fc1ccc(-c2ccc3ccc4c(-c5c6ccccc6c(-c6cc(F)c(F)c(F)c6)c6cc(F)ccc56)ccc5c(F)cc2c3c54)cc1. The third kappa shape index (κ3) is 4.05. The third-order valence-electron chi connectivity index (χ3n) is 9.41. The van der Waals surface area contributed by atoms with E-state index in [1.807, 2.05) is 42.5 Å². The molecule has 9 rings (SSSR count). The van der Waals surface area contributed by atoms with Crippen LogP contribution in [-0.4, -0.2) is 0 Å². The van der Waals surface area contributed by atoms with Gasteiger partial charge in [-0.05, 0) is 119 Å². The topological polar surface area (TPSA) is 0 Å². The molecule has 0 spiro atoms. The number of fused-ring (bicyclic) bond motifs is 2. The highest BCUT2D eigenvalue weighted by atomic mass is 19.2. The lowest BCUT2D eigenvalue weighted by molar-refractivity contribution is 0.448. The Labute approximate surface area is 269 Å².